The standard InChI is InChI=1S/C25H30N2O4/c1-17(2)9-25(29)26-21-8-7-18(10-21)15-31-24-16-30-22(11-23(24)28)14-27-12-19-5-3-4-6-20(19)13-27/h3-8,11,16-18,21H,9-10,12-15H2,1-2H3,(H,26,29)/t18-,21?/m0/s1. The first-order chi connectivity index (χ1) is 15.0. The Morgan fingerprint density at radius 1 is 1.23 bits per heavy atom. The Morgan fingerprint density at radius 2 is 1.97 bits per heavy atom. The lowest BCUT2D eigenvalue weighted by Gasteiger charge is -2.16. The number of hydrogen-bond acceptors (Lipinski definition) is 5. The zero-order valence-electron chi connectivity index (χ0n) is 18.2. The number of carbonyl (C=O) groups excluding carboxylic acids is 1. The lowest BCUT2D eigenvalue weighted by atomic mass is 10.1. The smallest absolute Gasteiger partial charge is 0.227 e. The summed E-state index contributed by atoms with van der Waals surface area (Å²) >= 11 is 0. The highest BCUT2D eigenvalue weighted by Gasteiger charge is 2.22. The van der Waals surface area contributed by atoms with Crippen molar-refractivity contribution in [2.24, 2.45) is 11.8 Å². The van der Waals surface area contributed by atoms with E-state index < -0.39 is 0 Å². The minimum atomic E-state index is -0.165. The molecule has 0 radical (unpaired) electrons. The third kappa shape index (κ3) is 5.64. The molecule has 31 heavy (non-hydrogen) atoms. The summed E-state index contributed by atoms with van der Waals surface area (Å²) in [6, 6.07) is 9.94. The number of fused-ring (bicyclic) bond motifs is 1. The Morgan fingerprint density at radius 3 is 2.65 bits per heavy atom. The van der Waals surface area contributed by atoms with E-state index in [1.165, 1.54) is 23.5 Å². The van der Waals surface area contributed by atoms with Crippen LogP contribution in [0.25, 0.3) is 0 Å². The normalized spacial score (nSPS) is 20.2. The van der Waals surface area contributed by atoms with Crippen molar-refractivity contribution in [2.45, 2.75) is 52.4 Å². The van der Waals surface area contributed by atoms with Crippen molar-refractivity contribution in [1.82, 2.24) is 10.2 Å². The molecule has 0 spiro atoms. The van der Waals surface area contributed by atoms with E-state index in [0.29, 0.717) is 31.3 Å². The van der Waals surface area contributed by atoms with Gasteiger partial charge < -0.3 is 14.5 Å². The quantitative estimate of drug-likeness (QED) is 0.658. The SMILES string of the molecule is CC(C)CC(=O)NC1C=C[C@H](COc2coc(CN3Cc4ccccc4C3)cc2=O)C1. The molecule has 6 nitrogen and oxygen atoms in total. The largest absolute Gasteiger partial charge is 0.486 e. The van der Waals surface area contributed by atoms with Crippen molar-refractivity contribution in [3.8, 4) is 5.75 Å². The fourth-order valence-electron chi connectivity index (χ4n) is 4.20. The monoisotopic (exact) mass is 422 g/mol. The van der Waals surface area contributed by atoms with Crippen molar-refractivity contribution in [2.75, 3.05) is 6.61 Å². The lowest BCUT2D eigenvalue weighted by molar-refractivity contribution is -0.122. The predicted molar refractivity (Wildman–Crippen MR) is 118 cm³/mol. The van der Waals surface area contributed by atoms with Gasteiger partial charge in [-0.05, 0) is 23.5 Å². The first-order valence-electron chi connectivity index (χ1n) is 11.0. The zero-order valence-corrected chi connectivity index (χ0v) is 18.2. The summed E-state index contributed by atoms with van der Waals surface area (Å²) in [6.45, 7) is 6.76. The Bertz CT molecular complexity index is 986. The molecule has 2 aliphatic rings. The molecule has 0 bridgehead atoms. The van der Waals surface area contributed by atoms with E-state index in [9.17, 15) is 9.59 Å². The maximum absolute atomic E-state index is 12.5. The molecule has 1 aliphatic carbocycles. The third-order valence-electron chi connectivity index (χ3n) is 5.70. The van der Waals surface area contributed by atoms with E-state index in [1.807, 2.05) is 26.0 Å². The van der Waals surface area contributed by atoms with Crippen molar-refractivity contribution in [3.63, 3.8) is 0 Å². The molecule has 1 amide bonds. The van der Waals surface area contributed by atoms with Crippen LogP contribution in [0.4, 0.5) is 0 Å². The maximum Gasteiger partial charge on any atom is 0.227 e. The second-order valence-corrected chi connectivity index (χ2v) is 8.95. The number of carbonyl (C=O) groups is 1. The molecule has 1 aliphatic heterocycles. The van der Waals surface area contributed by atoms with Gasteiger partial charge in [0.05, 0.1) is 13.2 Å². The van der Waals surface area contributed by atoms with Gasteiger partial charge in [-0.15, -0.1) is 0 Å². The molecule has 1 unspecified atom stereocenters. The summed E-state index contributed by atoms with van der Waals surface area (Å²) in [6.07, 6.45) is 6.78. The maximum atomic E-state index is 12.5. The number of rotatable bonds is 8. The predicted octanol–water partition coefficient (Wildman–Crippen LogP) is 3.64. The Labute approximate surface area is 182 Å². The number of hydrogen-bond donors (Lipinski definition) is 1. The number of benzene rings is 1. The van der Waals surface area contributed by atoms with Crippen LogP contribution in [0.5, 0.6) is 5.75 Å². The topological polar surface area (TPSA) is 71.8 Å². The van der Waals surface area contributed by atoms with Gasteiger partial charge in [0.1, 0.15) is 12.0 Å². The molecule has 1 N–H and O–H groups in total. The second-order valence-electron chi connectivity index (χ2n) is 8.95. The highest BCUT2D eigenvalue weighted by molar-refractivity contribution is 5.76. The van der Waals surface area contributed by atoms with Crippen LogP contribution >= 0.6 is 0 Å². The van der Waals surface area contributed by atoms with Crippen LogP contribution in [0.15, 0.2) is 58.0 Å². The van der Waals surface area contributed by atoms with E-state index in [-0.39, 0.29) is 29.0 Å². The van der Waals surface area contributed by atoms with Gasteiger partial charge in [-0.3, -0.25) is 14.5 Å². The molecule has 1 aromatic heterocycles. The summed E-state index contributed by atoms with van der Waals surface area (Å²) in [5, 5.41) is 3.03. The van der Waals surface area contributed by atoms with E-state index in [0.717, 1.165) is 19.5 Å². The molecule has 0 saturated heterocycles. The molecule has 2 atom stereocenters. The highest BCUT2D eigenvalue weighted by atomic mass is 16.5. The highest BCUT2D eigenvalue weighted by Crippen LogP contribution is 2.24. The summed E-state index contributed by atoms with van der Waals surface area (Å²) in [5.41, 5.74) is 2.49. The van der Waals surface area contributed by atoms with Crippen LogP contribution in [0.3, 0.4) is 0 Å². The first-order valence-corrected chi connectivity index (χ1v) is 11.0. The van der Waals surface area contributed by atoms with Crippen molar-refractivity contribution < 1.29 is 13.9 Å². The molecule has 4 rings (SSSR count). The van der Waals surface area contributed by atoms with Gasteiger partial charge in [0, 0.05) is 37.5 Å². The van der Waals surface area contributed by atoms with Crippen molar-refractivity contribution in [1.29, 1.82) is 0 Å². The van der Waals surface area contributed by atoms with Gasteiger partial charge in [-0.1, -0.05) is 50.3 Å². The molecular weight excluding hydrogens is 392 g/mol. The summed E-state index contributed by atoms with van der Waals surface area (Å²) in [7, 11) is 0. The Balaban J connectivity index is 1.25. The average molecular weight is 423 g/mol. The minimum Gasteiger partial charge on any atom is -0.486 e. The van der Waals surface area contributed by atoms with E-state index in [1.54, 1.807) is 0 Å². The van der Waals surface area contributed by atoms with Gasteiger partial charge in [-0.2, -0.15) is 0 Å². The second kappa shape index (κ2) is 9.52. The molecular formula is C25H30N2O4. The average Bonchev–Trinajstić information content (AvgIpc) is 3.32. The van der Waals surface area contributed by atoms with Gasteiger partial charge >= 0.3 is 0 Å². The molecule has 2 aromatic rings. The van der Waals surface area contributed by atoms with Crippen LogP contribution in [-0.2, 0) is 24.4 Å². The first kappa shape index (κ1) is 21.4. The third-order valence-corrected chi connectivity index (χ3v) is 5.70. The van der Waals surface area contributed by atoms with Gasteiger partial charge in [0.25, 0.3) is 0 Å². The molecule has 2 heterocycles. The molecule has 164 valence electrons. The van der Waals surface area contributed by atoms with E-state index in [2.05, 4.69) is 34.5 Å². The van der Waals surface area contributed by atoms with Gasteiger partial charge in [-0.25, -0.2) is 0 Å². The minimum absolute atomic E-state index is 0.0308. The van der Waals surface area contributed by atoms with E-state index in [4.69, 9.17) is 9.15 Å². The summed E-state index contributed by atoms with van der Waals surface area (Å²) in [5.74, 6) is 1.44. The lowest BCUT2D eigenvalue weighted by Crippen LogP contribution is -2.33. The summed E-state index contributed by atoms with van der Waals surface area (Å²) in [4.78, 5) is 26.6. The van der Waals surface area contributed by atoms with Crippen LogP contribution in [0.2, 0.25) is 0 Å². The number of nitrogens with zero attached hydrogens (tertiary/aromatic N) is 1. The van der Waals surface area contributed by atoms with Crippen molar-refractivity contribution >= 4 is 5.91 Å². The number of amides is 1. The molecule has 6 heteroatoms. The molecule has 0 fully saturated rings. The van der Waals surface area contributed by atoms with Gasteiger partial charge in [0.15, 0.2) is 0 Å². The van der Waals surface area contributed by atoms with Crippen LogP contribution in [-0.4, -0.2) is 23.5 Å². The fraction of sp³-hybridized carbons (Fsp3) is 0.440. The van der Waals surface area contributed by atoms with Crippen LogP contribution in [0, 0.1) is 11.8 Å². The van der Waals surface area contributed by atoms with Crippen LogP contribution in [0.1, 0.15) is 43.6 Å². The molecule has 1 aromatic carbocycles. The van der Waals surface area contributed by atoms with Crippen LogP contribution < -0.4 is 15.5 Å². The van der Waals surface area contributed by atoms with Crippen molar-refractivity contribution in [3.05, 3.63) is 75.9 Å². The summed E-state index contributed by atoms with van der Waals surface area (Å²) < 4.78 is 11.4. The van der Waals surface area contributed by atoms with Gasteiger partial charge in [0.2, 0.25) is 17.1 Å². The number of ether oxygens (including phenoxy) is 1. The Kier molecular flexibility index (Phi) is 6.56. The Hall–Kier alpha value is -2.86. The fourth-order valence-corrected chi connectivity index (χ4v) is 4.20. The zero-order chi connectivity index (χ0) is 21.8. The molecule has 0 saturated carbocycles. The number of nitrogens with one attached hydrogen (secondary N) is 1. The van der Waals surface area contributed by atoms with E-state index >= 15 is 0 Å².